The van der Waals surface area contributed by atoms with E-state index in [4.69, 9.17) is 17.0 Å². The van der Waals surface area contributed by atoms with Crippen LogP contribution in [0.25, 0.3) is 0 Å². The second kappa shape index (κ2) is 5.98. The van der Waals surface area contributed by atoms with Crippen molar-refractivity contribution in [2.45, 2.75) is 31.8 Å². The Kier molecular flexibility index (Phi) is 4.59. The molecule has 2 atom stereocenters. The molecule has 2 saturated heterocycles. The van der Waals surface area contributed by atoms with Crippen LogP contribution in [0.2, 0.25) is 0 Å². The fourth-order valence-electron chi connectivity index (χ4n) is 2.77. The van der Waals surface area contributed by atoms with E-state index in [1.165, 1.54) is 19.4 Å². The highest BCUT2D eigenvalue weighted by molar-refractivity contribution is 7.80. The molecular formula is C12H23N3OS. The van der Waals surface area contributed by atoms with E-state index in [-0.39, 0.29) is 6.04 Å². The molecule has 0 saturated carbocycles. The van der Waals surface area contributed by atoms with Gasteiger partial charge >= 0.3 is 0 Å². The number of hydrogen-bond acceptors (Lipinski definition) is 3. The topological polar surface area (TPSA) is 27.7 Å². The first-order valence-corrected chi connectivity index (χ1v) is 6.90. The molecule has 0 aliphatic carbocycles. The number of methoxy groups -OCH3 is 1. The third-order valence-corrected chi connectivity index (χ3v) is 4.04. The van der Waals surface area contributed by atoms with Crippen LogP contribution in [-0.2, 0) is 4.74 Å². The predicted octanol–water partition coefficient (Wildman–Crippen LogP) is 0.676. The van der Waals surface area contributed by atoms with Gasteiger partial charge in [0.25, 0.3) is 0 Å². The molecule has 2 heterocycles. The second-order valence-electron chi connectivity index (χ2n) is 5.08. The largest absolute Gasteiger partial charge is 0.383 e. The Balaban J connectivity index is 1.80. The number of nitrogens with one attached hydrogen (secondary N) is 1. The molecule has 2 fully saturated rings. The number of piperazine rings is 1. The zero-order valence-corrected chi connectivity index (χ0v) is 11.6. The lowest BCUT2D eigenvalue weighted by molar-refractivity contribution is 0.146. The summed E-state index contributed by atoms with van der Waals surface area (Å²) in [5, 5.41) is 4.23. The lowest BCUT2D eigenvalue weighted by Crippen LogP contribution is -2.55. The van der Waals surface area contributed by atoms with Crippen molar-refractivity contribution in [3.8, 4) is 0 Å². The van der Waals surface area contributed by atoms with Gasteiger partial charge in [0.1, 0.15) is 0 Å². The van der Waals surface area contributed by atoms with E-state index in [0.29, 0.717) is 6.61 Å². The minimum Gasteiger partial charge on any atom is -0.383 e. The van der Waals surface area contributed by atoms with Crippen LogP contribution in [0.5, 0.6) is 0 Å². The minimum atomic E-state index is 0.286. The first-order chi connectivity index (χ1) is 8.20. The molecule has 2 unspecified atom stereocenters. The van der Waals surface area contributed by atoms with Gasteiger partial charge in [0.05, 0.1) is 6.61 Å². The highest BCUT2D eigenvalue weighted by Gasteiger charge is 2.31. The fraction of sp³-hybridized carbons (Fsp3) is 0.917. The molecule has 2 aliphatic heterocycles. The summed E-state index contributed by atoms with van der Waals surface area (Å²) >= 11 is 5.47. The van der Waals surface area contributed by atoms with Crippen LogP contribution in [0.3, 0.4) is 0 Å². The molecule has 98 valence electrons. The van der Waals surface area contributed by atoms with Crippen LogP contribution in [0, 0.1) is 0 Å². The third kappa shape index (κ3) is 3.30. The molecule has 0 bridgehead atoms. The summed E-state index contributed by atoms with van der Waals surface area (Å²) < 4.78 is 5.11. The molecule has 5 heteroatoms. The van der Waals surface area contributed by atoms with Crippen LogP contribution in [0.4, 0.5) is 0 Å². The number of rotatable bonds is 3. The van der Waals surface area contributed by atoms with E-state index < -0.39 is 0 Å². The summed E-state index contributed by atoms with van der Waals surface area (Å²) in [7, 11) is 1.72. The summed E-state index contributed by atoms with van der Waals surface area (Å²) in [5.41, 5.74) is 0. The Morgan fingerprint density at radius 1 is 1.47 bits per heavy atom. The first kappa shape index (κ1) is 13.1. The van der Waals surface area contributed by atoms with Gasteiger partial charge < -0.3 is 15.0 Å². The summed E-state index contributed by atoms with van der Waals surface area (Å²) in [4.78, 5) is 4.91. The molecule has 2 rings (SSSR count). The van der Waals surface area contributed by atoms with Crippen LogP contribution < -0.4 is 5.32 Å². The van der Waals surface area contributed by atoms with Crippen LogP contribution in [0.15, 0.2) is 0 Å². The Morgan fingerprint density at radius 2 is 2.29 bits per heavy atom. The average Bonchev–Trinajstić information content (AvgIpc) is 2.75. The second-order valence-corrected chi connectivity index (χ2v) is 5.47. The highest BCUT2D eigenvalue weighted by Crippen LogP contribution is 2.21. The van der Waals surface area contributed by atoms with Crippen LogP contribution in [-0.4, -0.2) is 66.9 Å². The Hall–Kier alpha value is -0.390. The van der Waals surface area contributed by atoms with Gasteiger partial charge in [-0.05, 0) is 38.5 Å². The van der Waals surface area contributed by atoms with E-state index in [2.05, 4.69) is 22.0 Å². The quantitative estimate of drug-likeness (QED) is 0.751. The molecule has 4 nitrogen and oxygen atoms in total. The molecule has 0 spiro atoms. The predicted molar refractivity (Wildman–Crippen MR) is 73.2 cm³/mol. The van der Waals surface area contributed by atoms with Crippen molar-refractivity contribution in [1.29, 1.82) is 0 Å². The van der Waals surface area contributed by atoms with E-state index >= 15 is 0 Å². The van der Waals surface area contributed by atoms with Gasteiger partial charge in [0.2, 0.25) is 0 Å². The normalized spacial score (nSPS) is 26.7. The monoisotopic (exact) mass is 257 g/mol. The zero-order valence-electron chi connectivity index (χ0n) is 10.8. The maximum atomic E-state index is 5.47. The summed E-state index contributed by atoms with van der Waals surface area (Å²) in [6.45, 7) is 7.38. The molecule has 17 heavy (non-hydrogen) atoms. The Bertz CT molecular complexity index is 274. The van der Waals surface area contributed by atoms with Crippen LogP contribution in [0.1, 0.15) is 19.8 Å². The standard InChI is InChI=1S/C12H23N3OS/c1-10(9-16-2)13-12(17)15-7-6-14-5-3-4-11(14)8-15/h10-11H,3-9H2,1-2H3,(H,13,17). The van der Waals surface area contributed by atoms with Gasteiger partial charge in [-0.25, -0.2) is 0 Å². The van der Waals surface area contributed by atoms with Crippen molar-refractivity contribution in [2.75, 3.05) is 39.9 Å². The van der Waals surface area contributed by atoms with Crippen molar-refractivity contribution in [2.24, 2.45) is 0 Å². The van der Waals surface area contributed by atoms with E-state index in [9.17, 15) is 0 Å². The summed E-state index contributed by atoms with van der Waals surface area (Å²) in [6, 6.07) is 1.01. The Morgan fingerprint density at radius 3 is 3.06 bits per heavy atom. The molecular weight excluding hydrogens is 234 g/mol. The van der Waals surface area contributed by atoms with E-state index in [0.717, 1.165) is 30.8 Å². The average molecular weight is 257 g/mol. The number of hydrogen-bond donors (Lipinski definition) is 1. The van der Waals surface area contributed by atoms with Gasteiger partial charge in [0.15, 0.2) is 5.11 Å². The SMILES string of the molecule is COCC(C)NC(=S)N1CCN2CCCC2C1. The van der Waals surface area contributed by atoms with Crippen molar-refractivity contribution < 1.29 is 4.74 Å². The van der Waals surface area contributed by atoms with Crippen molar-refractivity contribution in [1.82, 2.24) is 15.1 Å². The van der Waals surface area contributed by atoms with Crippen molar-refractivity contribution >= 4 is 17.3 Å². The maximum Gasteiger partial charge on any atom is 0.169 e. The molecule has 1 N–H and O–H groups in total. The van der Waals surface area contributed by atoms with E-state index in [1.54, 1.807) is 7.11 Å². The molecule has 0 aromatic rings. The van der Waals surface area contributed by atoms with Gasteiger partial charge in [-0.15, -0.1) is 0 Å². The molecule has 0 aromatic heterocycles. The molecule has 0 radical (unpaired) electrons. The zero-order chi connectivity index (χ0) is 12.3. The van der Waals surface area contributed by atoms with Crippen molar-refractivity contribution in [3.63, 3.8) is 0 Å². The summed E-state index contributed by atoms with van der Waals surface area (Å²) in [6.07, 6.45) is 2.67. The number of ether oxygens (including phenoxy) is 1. The Labute approximate surface area is 109 Å². The molecule has 2 aliphatic rings. The fourth-order valence-corrected chi connectivity index (χ4v) is 3.14. The van der Waals surface area contributed by atoms with Gasteiger partial charge in [-0.2, -0.15) is 0 Å². The first-order valence-electron chi connectivity index (χ1n) is 6.49. The summed E-state index contributed by atoms with van der Waals surface area (Å²) in [5.74, 6) is 0. The van der Waals surface area contributed by atoms with Crippen LogP contribution >= 0.6 is 12.2 Å². The lowest BCUT2D eigenvalue weighted by Gasteiger charge is -2.39. The number of nitrogens with zero attached hydrogens (tertiary/aromatic N) is 2. The van der Waals surface area contributed by atoms with Gasteiger partial charge in [-0.3, -0.25) is 4.90 Å². The number of thiocarbonyl (C=S) groups is 1. The number of fused-ring (bicyclic) bond motifs is 1. The highest BCUT2D eigenvalue weighted by atomic mass is 32.1. The molecule has 0 aromatic carbocycles. The third-order valence-electron chi connectivity index (χ3n) is 3.66. The van der Waals surface area contributed by atoms with Gasteiger partial charge in [0, 0.05) is 38.8 Å². The minimum absolute atomic E-state index is 0.286. The smallest absolute Gasteiger partial charge is 0.169 e. The molecule has 0 amide bonds. The maximum absolute atomic E-state index is 5.47. The van der Waals surface area contributed by atoms with Crippen molar-refractivity contribution in [3.05, 3.63) is 0 Å². The lowest BCUT2D eigenvalue weighted by atomic mass is 10.2. The van der Waals surface area contributed by atoms with E-state index in [1.807, 2.05) is 0 Å². The van der Waals surface area contributed by atoms with Gasteiger partial charge in [-0.1, -0.05) is 0 Å².